The SMILES string of the molecule is CC1=NNC(=O)C1CC(=O)NN=Cc1ccccc1. The number of nitrogens with zero attached hydrogens (tertiary/aromatic N) is 2. The minimum absolute atomic E-state index is 0.0489. The molecule has 1 aromatic rings. The van der Waals surface area contributed by atoms with Crippen LogP contribution in [-0.2, 0) is 9.59 Å². The highest BCUT2D eigenvalue weighted by Crippen LogP contribution is 2.11. The lowest BCUT2D eigenvalue weighted by Crippen LogP contribution is -2.29. The maximum atomic E-state index is 11.6. The van der Waals surface area contributed by atoms with E-state index in [2.05, 4.69) is 21.1 Å². The molecule has 0 saturated heterocycles. The molecule has 0 bridgehead atoms. The topological polar surface area (TPSA) is 82.9 Å². The lowest BCUT2D eigenvalue weighted by molar-refractivity contribution is -0.127. The number of hydrazone groups is 2. The Bertz CT molecular complexity index is 537. The van der Waals surface area contributed by atoms with Crippen LogP contribution < -0.4 is 10.9 Å². The zero-order valence-corrected chi connectivity index (χ0v) is 10.5. The van der Waals surface area contributed by atoms with E-state index >= 15 is 0 Å². The molecule has 1 aliphatic rings. The fraction of sp³-hybridized carbons (Fsp3) is 0.231. The fourth-order valence-electron chi connectivity index (χ4n) is 1.68. The van der Waals surface area contributed by atoms with Gasteiger partial charge >= 0.3 is 0 Å². The molecule has 0 aliphatic carbocycles. The molecule has 2 N–H and O–H groups in total. The zero-order chi connectivity index (χ0) is 13.7. The summed E-state index contributed by atoms with van der Waals surface area (Å²) in [6, 6.07) is 9.40. The summed E-state index contributed by atoms with van der Waals surface area (Å²) < 4.78 is 0. The van der Waals surface area contributed by atoms with Crippen LogP contribution in [0, 0.1) is 5.92 Å². The molecule has 1 aromatic carbocycles. The maximum Gasteiger partial charge on any atom is 0.249 e. The fourth-order valence-corrected chi connectivity index (χ4v) is 1.68. The minimum Gasteiger partial charge on any atom is -0.273 e. The van der Waals surface area contributed by atoms with E-state index in [1.54, 1.807) is 13.1 Å². The van der Waals surface area contributed by atoms with Crippen LogP contribution in [0.1, 0.15) is 18.9 Å². The van der Waals surface area contributed by atoms with E-state index in [0.717, 1.165) is 5.56 Å². The Balaban J connectivity index is 1.84. The highest BCUT2D eigenvalue weighted by Gasteiger charge is 2.28. The Hall–Kier alpha value is -2.50. The summed E-state index contributed by atoms with van der Waals surface area (Å²) in [7, 11) is 0. The first kappa shape index (κ1) is 12.9. The first-order chi connectivity index (χ1) is 9.16. The minimum atomic E-state index is -0.494. The number of rotatable bonds is 4. The standard InChI is InChI=1S/C13H14N4O2/c1-9-11(13(19)17-15-9)7-12(18)16-14-8-10-5-3-2-4-6-10/h2-6,8,11H,7H2,1H3,(H,16,18)(H,17,19). The predicted molar refractivity (Wildman–Crippen MR) is 71.5 cm³/mol. The summed E-state index contributed by atoms with van der Waals surface area (Å²) in [5, 5.41) is 7.62. The molecule has 1 unspecified atom stereocenters. The third-order valence-electron chi connectivity index (χ3n) is 2.76. The lowest BCUT2D eigenvalue weighted by atomic mass is 10.0. The van der Waals surface area contributed by atoms with Crippen molar-refractivity contribution in [2.45, 2.75) is 13.3 Å². The molecule has 0 spiro atoms. The van der Waals surface area contributed by atoms with Gasteiger partial charge in [0.25, 0.3) is 0 Å². The Kier molecular flexibility index (Phi) is 4.02. The van der Waals surface area contributed by atoms with Gasteiger partial charge in [-0.3, -0.25) is 9.59 Å². The van der Waals surface area contributed by atoms with Crippen LogP contribution in [0.2, 0.25) is 0 Å². The molecule has 0 radical (unpaired) electrons. The van der Waals surface area contributed by atoms with Gasteiger partial charge in [-0.2, -0.15) is 10.2 Å². The van der Waals surface area contributed by atoms with E-state index in [1.807, 2.05) is 30.3 Å². The average Bonchev–Trinajstić information content (AvgIpc) is 2.72. The molecule has 2 rings (SSSR count). The smallest absolute Gasteiger partial charge is 0.249 e. The van der Waals surface area contributed by atoms with E-state index in [0.29, 0.717) is 5.71 Å². The van der Waals surface area contributed by atoms with Gasteiger partial charge in [0.2, 0.25) is 11.8 Å². The van der Waals surface area contributed by atoms with Gasteiger partial charge in [-0.05, 0) is 12.5 Å². The maximum absolute atomic E-state index is 11.6. The van der Waals surface area contributed by atoms with Crippen molar-refractivity contribution in [2.24, 2.45) is 16.1 Å². The molecule has 98 valence electrons. The van der Waals surface area contributed by atoms with E-state index in [4.69, 9.17) is 0 Å². The first-order valence-corrected chi connectivity index (χ1v) is 5.88. The van der Waals surface area contributed by atoms with Gasteiger partial charge in [-0.25, -0.2) is 10.9 Å². The molecule has 0 fully saturated rings. The van der Waals surface area contributed by atoms with Crippen molar-refractivity contribution in [2.75, 3.05) is 0 Å². The Labute approximate surface area is 110 Å². The summed E-state index contributed by atoms with van der Waals surface area (Å²) in [6.45, 7) is 1.71. The quantitative estimate of drug-likeness (QED) is 0.614. The van der Waals surface area contributed by atoms with E-state index in [1.165, 1.54) is 0 Å². The van der Waals surface area contributed by atoms with Gasteiger partial charge < -0.3 is 0 Å². The largest absolute Gasteiger partial charge is 0.273 e. The van der Waals surface area contributed by atoms with Crippen molar-refractivity contribution in [1.29, 1.82) is 0 Å². The van der Waals surface area contributed by atoms with Gasteiger partial charge in [-0.15, -0.1) is 0 Å². The van der Waals surface area contributed by atoms with Crippen LogP contribution in [0.3, 0.4) is 0 Å². The van der Waals surface area contributed by atoms with Crippen molar-refractivity contribution in [1.82, 2.24) is 10.9 Å². The zero-order valence-electron chi connectivity index (χ0n) is 10.5. The molecule has 1 aliphatic heterocycles. The molecule has 2 amide bonds. The van der Waals surface area contributed by atoms with Crippen molar-refractivity contribution in [3.8, 4) is 0 Å². The number of nitrogens with one attached hydrogen (secondary N) is 2. The Morgan fingerprint density at radius 3 is 2.84 bits per heavy atom. The second kappa shape index (κ2) is 5.90. The van der Waals surface area contributed by atoms with Gasteiger partial charge in [-0.1, -0.05) is 30.3 Å². The van der Waals surface area contributed by atoms with Crippen LogP contribution in [0.5, 0.6) is 0 Å². The molecule has 6 heteroatoms. The van der Waals surface area contributed by atoms with Crippen molar-refractivity contribution >= 4 is 23.7 Å². The molecule has 1 heterocycles. The summed E-state index contributed by atoms with van der Waals surface area (Å²) in [6.07, 6.45) is 1.60. The molecule has 19 heavy (non-hydrogen) atoms. The molecule has 0 saturated carbocycles. The van der Waals surface area contributed by atoms with Gasteiger partial charge in [0.05, 0.1) is 12.1 Å². The second-order valence-corrected chi connectivity index (χ2v) is 4.19. The van der Waals surface area contributed by atoms with Crippen molar-refractivity contribution in [3.05, 3.63) is 35.9 Å². The van der Waals surface area contributed by atoms with Crippen LogP contribution >= 0.6 is 0 Å². The van der Waals surface area contributed by atoms with Gasteiger partial charge in [0, 0.05) is 12.1 Å². The van der Waals surface area contributed by atoms with Gasteiger partial charge in [0.1, 0.15) is 0 Å². The molecular weight excluding hydrogens is 244 g/mol. The van der Waals surface area contributed by atoms with Crippen LogP contribution in [0.15, 0.2) is 40.5 Å². The normalized spacial score (nSPS) is 18.3. The predicted octanol–water partition coefficient (Wildman–Crippen LogP) is 0.649. The summed E-state index contributed by atoms with van der Waals surface area (Å²) in [5.41, 5.74) is 6.24. The highest BCUT2D eigenvalue weighted by molar-refractivity contribution is 6.09. The van der Waals surface area contributed by atoms with E-state index < -0.39 is 5.92 Å². The van der Waals surface area contributed by atoms with Crippen LogP contribution in [-0.4, -0.2) is 23.7 Å². The van der Waals surface area contributed by atoms with E-state index in [-0.39, 0.29) is 18.2 Å². The highest BCUT2D eigenvalue weighted by atomic mass is 16.2. The number of hydrogen-bond acceptors (Lipinski definition) is 4. The molecular formula is C13H14N4O2. The summed E-state index contributed by atoms with van der Waals surface area (Å²) >= 11 is 0. The van der Waals surface area contributed by atoms with Crippen LogP contribution in [0.4, 0.5) is 0 Å². The molecule has 0 aromatic heterocycles. The number of amides is 2. The second-order valence-electron chi connectivity index (χ2n) is 4.19. The third-order valence-corrected chi connectivity index (χ3v) is 2.76. The molecule has 6 nitrogen and oxygen atoms in total. The average molecular weight is 258 g/mol. The summed E-state index contributed by atoms with van der Waals surface area (Å²) in [5.74, 6) is -1.06. The van der Waals surface area contributed by atoms with Crippen molar-refractivity contribution in [3.63, 3.8) is 0 Å². The number of hydrogen-bond donors (Lipinski definition) is 2. The number of carbonyl (C=O) groups is 2. The Morgan fingerprint density at radius 1 is 1.47 bits per heavy atom. The molecule has 1 atom stereocenters. The summed E-state index contributed by atoms with van der Waals surface area (Å²) in [4.78, 5) is 23.0. The monoisotopic (exact) mass is 258 g/mol. The lowest BCUT2D eigenvalue weighted by Gasteiger charge is -2.05. The third kappa shape index (κ3) is 3.48. The van der Waals surface area contributed by atoms with Crippen molar-refractivity contribution < 1.29 is 9.59 Å². The van der Waals surface area contributed by atoms with Crippen LogP contribution in [0.25, 0.3) is 0 Å². The van der Waals surface area contributed by atoms with Gasteiger partial charge in [0.15, 0.2) is 0 Å². The van der Waals surface area contributed by atoms with E-state index in [9.17, 15) is 9.59 Å². The number of carbonyl (C=O) groups excluding carboxylic acids is 2. The Morgan fingerprint density at radius 2 is 2.21 bits per heavy atom. The first-order valence-electron chi connectivity index (χ1n) is 5.88. The number of benzene rings is 1.